The van der Waals surface area contributed by atoms with Crippen molar-refractivity contribution in [1.82, 2.24) is 0 Å². The summed E-state index contributed by atoms with van der Waals surface area (Å²) in [5.41, 5.74) is 3.87. The third-order valence-electron chi connectivity index (χ3n) is 2.63. The summed E-state index contributed by atoms with van der Waals surface area (Å²) < 4.78 is 10.4. The second-order valence-corrected chi connectivity index (χ2v) is 4.28. The topological polar surface area (TPSA) is 18.5 Å². The summed E-state index contributed by atoms with van der Waals surface area (Å²) in [6, 6.07) is 0. The average Bonchev–Trinajstić information content (AvgIpc) is 2.26. The minimum Gasteiger partial charge on any atom is -0.380 e. The Bertz CT molecular complexity index is 229. The van der Waals surface area contributed by atoms with Gasteiger partial charge in [-0.25, -0.2) is 0 Å². The van der Waals surface area contributed by atoms with E-state index >= 15 is 0 Å². The van der Waals surface area contributed by atoms with Crippen molar-refractivity contribution in [3.05, 3.63) is 23.3 Å². The van der Waals surface area contributed by atoms with Gasteiger partial charge in [-0.1, -0.05) is 25.5 Å². The minimum atomic E-state index is 0.680. The van der Waals surface area contributed by atoms with Crippen molar-refractivity contribution in [2.24, 2.45) is 0 Å². The van der Waals surface area contributed by atoms with E-state index < -0.39 is 0 Å². The molecule has 0 aromatic carbocycles. The summed E-state index contributed by atoms with van der Waals surface area (Å²) in [7, 11) is 3.45. The van der Waals surface area contributed by atoms with Crippen LogP contribution in [0, 0.1) is 0 Å². The summed E-state index contributed by atoms with van der Waals surface area (Å²) >= 11 is 0. The molecule has 0 saturated carbocycles. The molecular weight excluding hydrogens is 200 g/mol. The number of rotatable bonds is 9. The van der Waals surface area contributed by atoms with Gasteiger partial charge in [-0.05, 0) is 37.3 Å². The predicted molar refractivity (Wildman–Crippen MR) is 69.7 cm³/mol. The van der Waals surface area contributed by atoms with Gasteiger partial charge in [0, 0.05) is 14.2 Å². The van der Waals surface area contributed by atoms with Crippen molar-refractivity contribution >= 4 is 0 Å². The molecule has 0 atom stereocenters. The molecule has 0 aromatic rings. The summed E-state index contributed by atoms with van der Waals surface area (Å²) in [6.07, 6.45) is 4.51. The highest BCUT2D eigenvalue weighted by molar-refractivity contribution is 5.19. The monoisotopic (exact) mass is 226 g/mol. The first-order valence-corrected chi connectivity index (χ1v) is 5.97. The molecule has 0 unspecified atom stereocenters. The molecule has 0 aromatic heterocycles. The van der Waals surface area contributed by atoms with Gasteiger partial charge in [0.25, 0.3) is 0 Å². The standard InChI is InChI=1S/C14H26O2/c1-6-7-8-12(2)9-14(11-16-5)13(3)10-15-4/h2,6-11H2,1,3-5H3/b14-13-. The Morgan fingerprint density at radius 1 is 1.12 bits per heavy atom. The lowest BCUT2D eigenvalue weighted by atomic mass is 9.99. The van der Waals surface area contributed by atoms with Crippen LogP contribution in [0.2, 0.25) is 0 Å². The first-order chi connectivity index (χ1) is 7.65. The van der Waals surface area contributed by atoms with E-state index in [0.29, 0.717) is 13.2 Å². The second-order valence-electron chi connectivity index (χ2n) is 4.28. The quantitative estimate of drug-likeness (QED) is 0.558. The molecule has 2 heteroatoms. The SMILES string of the molecule is C=C(CCCC)C/C(COC)=C(\C)COC. The van der Waals surface area contributed by atoms with Crippen LogP contribution in [0.25, 0.3) is 0 Å². The molecule has 0 bridgehead atoms. The Morgan fingerprint density at radius 3 is 2.25 bits per heavy atom. The van der Waals surface area contributed by atoms with Crippen LogP contribution in [0.4, 0.5) is 0 Å². The fourth-order valence-electron chi connectivity index (χ4n) is 1.63. The molecule has 0 amide bonds. The zero-order valence-corrected chi connectivity index (χ0v) is 11.3. The molecule has 94 valence electrons. The van der Waals surface area contributed by atoms with E-state index in [1.807, 2.05) is 0 Å². The lowest BCUT2D eigenvalue weighted by molar-refractivity contribution is 0.210. The number of allylic oxidation sites excluding steroid dienone is 1. The zero-order valence-electron chi connectivity index (χ0n) is 11.3. The Labute approximate surface area is 100 Å². The van der Waals surface area contributed by atoms with Crippen LogP contribution in [-0.2, 0) is 9.47 Å². The number of hydrogen-bond acceptors (Lipinski definition) is 2. The molecule has 0 aliphatic heterocycles. The third kappa shape index (κ3) is 6.81. The van der Waals surface area contributed by atoms with Gasteiger partial charge in [-0.2, -0.15) is 0 Å². The Hall–Kier alpha value is -0.600. The average molecular weight is 226 g/mol. The number of hydrogen-bond donors (Lipinski definition) is 0. The van der Waals surface area contributed by atoms with Gasteiger partial charge >= 0.3 is 0 Å². The Balaban J connectivity index is 4.32. The molecule has 2 nitrogen and oxygen atoms in total. The summed E-state index contributed by atoms with van der Waals surface area (Å²) in [5, 5.41) is 0. The largest absolute Gasteiger partial charge is 0.380 e. The van der Waals surface area contributed by atoms with Crippen LogP contribution in [-0.4, -0.2) is 27.4 Å². The molecule has 0 radical (unpaired) electrons. The molecule has 16 heavy (non-hydrogen) atoms. The lowest BCUT2D eigenvalue weighted by Crippen LogP contribution is -2.03. The first kappa shape index (κ1) is 15.4. The number of methoxy groups -OCH3 is 2. The first-order valence-electron chi connectivity index (χ1n) is 5.97. The lowest BCUT2D eigenvalue weighted by Gasteiger charge is -2.13. The van der Waals surface area contributed by atoms with Gasteiger partial charge in [-0.3, -0.25) is 0 Å². The van der Waals surface area contributed by atoms with Crippen molar-refractivity contribution in [2.75, 3.05) is 27.4 Å². The van der Waals surface area contributed by atoms with Crippen molar-refractivity contribution in [2.45, 2.75) is 39.5 Å². The maximum atomic E-state index is 5.22. The zero-order chi connectivity index (χ0) is 12.4. The minimum absolute atomic E-state index is 0.680. The van der Waals surface area contributed by atoms with Gasteiger partial charge in [0.05, 0.1) is 13.2 Å². The van der Waals surface area contributed by atoms with Crippen molar-refractivity contribution < 1.29 is 9.47 Å². The van der Waals surface area contributed by atoms with Crippen LogP contribution in [0.1, 0.15) is 39.5 Å². The molecule has 0 heterocycles. The highest BCUT2D eigenvalue weighted by Gasteiger charge is 2.05. The second kappa shape index (κ2) is 9.61. The van der Waals surface area contributed by atoms with Crippen LogP contribution >= 0.6 is 0 Å². The summed E-state index contributed by atoms with van der Waals surface area (Å²) in [6.45, 7) is 9.79. The van der Waals surface area contributed by atoms with Crippen LogP contribution in [0.5, 0.6) is 0 Å². The van der Waals surface area contributed by atoms with Crippen molar-refractivity contribution in [3.8, 4) is 0 Å². The van der Waals surface area contributed by atoms with Gasteiger partial charge in [0.1, 0.15) is 0 Å². The fraction of sp³-hybridized carbons (Fsp3) is 0.714. The number of unbranched alkanes of at least 4 members (excludes halogenated alkanes) is 1. The normalized spacial score (nSPS) is 12.5. The molecule has 0 saturated heterocycles. The summed E-state index contributed by atoms with van der Waals surface area (Å²) in [4.78, 5) is 0. The van der Waals surface area contributed by atoms with Crippen LogP contribution in [0.15, 0.2) is 23.3 Å². The molecule has 0 N–H and O–H groups in total. The van der Waals surface area contributed by atoms with E-state index in [1.54, 1.807) is 14.2 Å². The van der Waals surface area contributed by atoms with E-state index in [4.69, 9.17) is 9.47 Å². The van der Waals surface area contributed by atoms with Crippen LogP contribution in [0.3, 0.4) is 0 Å². The van der Waals surface area contributed by atoms with Crippen molar-refractivity contribution in [3.63, 3.8) is 0 Å². The van der Waals surface area contributed by atoms with E-state index in [2.05, 4.69) is 20.4 Å². The highest BCUT2D eigenvalue weighted by Crippen LogP contribution is 2.18. The smallest absolute Gasteiger partial charge is 0.0679 e. The van der Waals surface area contributed by atoms with Gasteiger partial charge < -0.3 is 9.47 Å². The highest BCUT2D eigenvalue weighted by atomic mass is 16.5. The predicted octanol–water partition coefficient (Wildman–Crippen LogP) is 3.73. The van der Waals surface area contributed by atoms with Gasteiger partial charge in [-0.15, -0.1) is 0 Å². The van der Waals surface area contributed by atoms with E-state index in [-0.39, 0.29) is 0 Å². The molecule has 0 fully saturated rings. The summed E-state index contributed by atoms with van der Waals surface area (Å²) in [5.74, 6) is 0. The molecular formula is C14H26O2. The van der Waals surface area contributed by atoms with Gasteiger partial charge in [0.2, 0.25) is 0 Å². The van der Waals surface area contributed by atoms with E-state index in [9.17, 15) is 0 Å². The van der Waals surface area contributed by atoms with Crippen molar-refractivity contribution in [1.29, 1.82) is 0 Å². The Kier molecular flexibility index (Phi) is 9.25. The molecule has 0 rings (SSSR count). The molecule has 0 aliphatic carbocycles. The van der Waals surface area contributed by atoms with Gasteiger partial charge in [0.15, 0.2) is 0 Å². The number of ether oxygens (including phenoxy) is 2. The molecule has 0 aliphatic rings. The maximum absolute atomic E-state index is 5.22. The third-order valence-corrected chi connectivity index (χ3v) is 2.63. The van der Waals surface area contributed by atoms with E-state index in [0.717, 1.165) is 12.8 Å². The van der Waals surface area contributed by atoms with Crippen LogP contribution < -0.4 is 0 Å². The Morgan fingerprint density at radius 2 is 1.75 bits per heavy atom. The van der Waals surface area contributed by atoms with E-state index in [1.165, 1.54) is 29.6 Å². The maximum Gasteiger partial charge on any atom is 0.0679 e. The molecule has 0 spiro atoms. The fourth-order valence-corrected chi connectivity index (χ4v) is 1.63.